The Kier molecular flexibility index (Phi) is 1.31. The molecule has 0 aliphatic carbocycles. The second-order valence-electron chi connectivity index (χ2n) is 1.71. The topological polar surface area (TPSA) is 78.5 Å². The van der Waals surface area contributed by atoms with Crippen LogP contribution in [0.5, 0.6) is 0 Å². The maximum atomic E-state index is 8.42. The van der Waals surface area contributed by atoms with Crippen LogP contribution in [0.1, 0.15) is 11.3 Å². The predicted octanol–water partition coefficient (Wildman–Crippen LogP) is -0.0547. The quantitative estimate of drug-likeness (QED) is 0.505. The molecule has 0 aliphatic heterocycles. The summed E-state index contributed by atoms with van der Waals surface area (Å²) in [6.07, 6.45) is 1.47. The highest BCUT2D eigenvalue weighted by Crippen LogP contribution is 2.03. The summed E-state index contributed by atoms with van der Waals surface area (Å²) in [6, 6.07) is 5.15. The van der Waals surface area contributed by atoms with Crippen LogP contribution in [-0.2, 0) is 0 Å². The first-order valence-electron chi connectivity index (χ1n) is 2.56. The highest BCUT2D eigenvalue weighted by Gasteiger charge is 2.03. The van der Waals surface area contributed by atoms with Crippen molar-refractivity contribution < 1.29 is 0 Å². The van der Waals surface area contributed by atoms with Crippen molar-refractivity contribution in [1.82, 2.24) is 4.68 Å². The van der Waals surface area contributed by atoms with E-state index in [1.54, 1.807) is 0 Å². The van der Waals surface area contributed by atoms with Crippen LogP contribution in [0.3, 0.4) is 0 Å². The average Bonchev–Trinajstić information content (AvgIpc) is 2.30. The van der Waals surface area contributed by atoms with Crippen molar-refractivity contribution in [1.29, 1.82) is 10.5 Å². The van der Waals surface area contributed by atoms with Crippen molar-refractivity contribution in [2.24, 2.45) is 0 Å². The first kappa shape index (κ1) is 6.18. The maximum absolute atomic E-state index is 8.42. The van der Waals surface area contributed by atoms with Crippen LogP contribution in [-0.4, -0.2) is 4.68 Å². The van der Waals surface area contributed by atoms with E-state index >= 15 is 0 Å². The van der Waals surface area contributed by atoms with Crippen molar-refractivity contribution >= 4 is 0 Å². The minimum absolute atomic E-state index is 0.197. The lowest BCUT2D eigenvalue weighted by Gasteiger charge is -1.89. The lowest BCUT2D eigenvalue weighted by molar-refractivity contribution is 0.992. The summed E-state index contributed by atoms with van der Waals surface area (Å²) in [6.45, 7) is 0. The molecule has 10 heavy (non-hydrogen) atoms. The summed E-state index contributed by atoms with van der Waals surface area (Å²) in [5, 5.41) is 16.8. The van der Waals surface area contributed by atoms with Gasteiger partial charge in [-0.1, -0.05) is 0 Å². The van der Waals surface area contributed by atoms with E-state index < -0.39 is 0 Å². The molecule has 0 aliphatic rings. The Morgan fingerprint density at radius 1 is 1.70 bits per heavy atom. The van der Waals surface area contributed by atoms with Crippen molar-refractivity contribution in [3.63, 3.8) is 0 Å². The minimum Gasteiger partial charge on any atom is -0.338 e. The lowest BCUT2D eigenvalue weighted by Crippen LogP contribution is -2.08. The van der Waals surface area contributed by atoms with Gasteiger partial charge in [-0.2, -0.15) is 10.5 Å². The third-order valence-corrected chi connectivity index (χ3v) is 1.14. The maximum Gasteiger partial charge on any atom is 0.157 e. The fourth-order valence-electron chi connectivity index (χ4n) is 0.656. The number of hydrogen-bond donors (Lipinski definition) is 1. The predicted molar refractivity (Wildman–Crippen MR) is 34.0 cm³/mol. The van der Waals surface area contributed by atoms with Gasteiger partial charge in [-0.25, -0.2) is 0 Å². The molecule has 1 heterocycles. The van der Waals surface area contributed by atoms with E-state index in [1.165, 1.54) is 12.3 Å². The highest BCUT2D eigenvalue weighted by atomic mass is 15.3. The van der Waals surface area contributed by atoms with E-state index in [2.05, 4.69) is 0 Å². The van der Waals surface area contributed by atoms with Gasteiger partial charge in [-0.15, -0.1) is 0 Å². The average molecular weight is 134 g/mol. The zero-order chi connectivity index (χ0) is 7.56. The number of aromatic nitrogens is 1. The summed E-state index contributed by atoms with van der Waals surface area (Å²) in [5.41, 5.74) is 0.507. The van der Waals surface area contributed by atoms with Gasteiger partial charge >= 0.3 is 0 Å². The number of nitrogens with two attached hydrogens (primary N) is 1. The Balaban J connectivity index is 3.34. The number of hydrogen-bond acceptors (Lipinski definition) is 3. The zero-order valence-electron chi connectivity index (χ0n) is 5.07. The number of rotatable bonds is 0. The Morgan fingerprint density at radius 2 is 2.40 bits per heavy atom. The number of nitriles is 2. The van der Waals surface area contributed by atoms with Gasteiger partial charge in [0, 0.05) is 6.20 Å². The molecule has 0 bridgehead atoms. The third-order valence-electron chi connectivity index (χ3n) is 1.14. The zero-order valence-corrected chi connectivity index (χ0v) is 5.07. The molecule has 0 amide bonds. The molecule has 1 aromatic heterocycles. The largest absolute Gasteiger partial charge is 0.338 e. The van der Waals surface area contributed by atoms with Gasteiger partial charge in [-0.3, -0.25) is 4.68 Å². The smallest absolute Gasteiger partial charge is 0.157 e. The Morgan fingerprint density at radius 3 is 2.80 bits per heavy atom. The van der Waals surface area contributed by atoms with Crippen LogP contribution in [0.15, 0.2) is 12.3 Å². The van der Waals surface area contributed by atoms with Crippen molar-refractivity contribution in [2.75, 3.05) is 5.84 Å². The molecular formula is C6H4N4. The summed E-state index contributed by atoms with van der Waals surface area (Å²) in [5.74, 6) is 5.27. The van der Waals surface area contributed by atoms with Crippen LogP contribution < -0.4 is 5.84 Å². The molecule has 0 spiro atoms. The molecule has 0 fully saturated rings. The molecule has 0 radical (unpaired) electrons. The molecule has 0 unspecified atom stereocenters. The van der Waals surface area contributed by atoms with Crippen molar-refractivity contribution in [2.45, 2.75) is 0 Å². The Hall–Kier alpha value is -1.94. The van der Waals surface area contributed by atoms with E-state index in [0.717, 1.165) is 4.68 Å². The molecule has 4 nitrogen and oxygen atoms in total. The SMILES string of the molecule is N#Cc1c([14C]#N)ccn1N. The lowest BCUT2D eigenvalue weighted by atomic mass is 10.4. The fraction of sp³-hybridized carbons (Fsp3) is 0. The molecule has 48 valence electrons. The summed E-state index contributed by atoms with van der Waals surface area (Å²) >= 11 is 0. The molecule has 1 rings (SSSR count). The molecule has 0 saturated carbocycles. The van der Waals surface area contributed by atoms with Gasteiger partial charge in [-0.05, 0) is 6.07 Å². The van der Waals surface area contributed by atoms with Crippen LogP contribution in [0.2, 0.25) is 0 Å². The molecule has 2 N–H and O–H groups in total. The van der Waals surface area contributed by atoms with E-state index in [1.807, 2.05) is 12.1 Å². The van der Waals surface area contributed by atoms with Crippen molar-refractivity contribution in [3.8, 4) is 12.1 Å². The first-order valence-corrected chi connectivity index (χ1v) is 2.56. The Labute approximate surface area is 57.7 Å². The second kappa shape index (κ2) is 2.12. The summed E-state index contributed by atoms with van der Waals surface area (Å²) in [7, 11) is 0. The third kappa shape index (κ3) is 0.684. The molecular weight excluding hydrogens is 130 g/mol. The molecule has 4 heteroatoms. The summed E-state index contributed by atoms with van der Waals surface area (Å²) in [4.78, 5) is 0. The fourth-order valence-corrected chi connectivity index (χ4v) is 0.656. The van der Waals surface area contributed by atoms with Gasteiger partial charge in [0.25, 0.3) is 0 Å². The Bertz CT molecular complexity index is 322. The molecule has 0 atom stereocenters. The van der Waals surface area contributed by atoms with E-state index in [4.69, 9.17) is 16.4 Å². The number of nitrogen functional groups attached to an aromatic ring is 1. The van der Waals surface area contributed by atoms with Crippen LogP contribution in [0.25, 0.3) is 0 Å². The van der Waals surface area contributed by atoms with E-state index in [0.29, 0.717) is 5.56 Å². The van der Waals surface area contributed by atoms with Gasteiger partial charge in [0.15, 0.2) is 5.69 Å². The van der Waals surface area contributed by atoms with Gasteiger partial charge in [0.05, 0.1) is 5.56 Å². The van der Waals surface area contributed by atoms with E-state index in [9.17, 15) is 0 Å². The van der Waals surface area contributed by atoms with Gasteiger partial charge in [0.1, 0.15) is 12.1 Å². The van der Waals surface area contributed by atoms with Crippen LogP contribution >= 0.6 is 0 Å². The van der Waals surface area contributed by atoms with Crippen LogP contribution in [0, 0.1) is 22.7 Å². The second-order valence-corrected chi connectivity index (χ2v) is 1.71. The summed E-state index contributed by atoms with van der Waals surface area (Å²) < 4.78 is 1.12. The minimum atomic E-state index is 0.197. The molecule has 0 saturated heterocycles. The van der Waals surface area contributed by atoms with Gasteiger partial charge < -0.3 is 5.84 Å². The standard InChI is InChI=1S/C6H4N4/c7-3-5-1-2-10(9)6(5)4-8/h1-2H,9H2/i3+2. The van der Waals surface area contributed by atoms with Gasteiger partial charge in [0.2, 0.25) is 0 Å². The number of nitrogens with zero attached hydrogens (tertiary/aromatic N) is 3. The highest BCUT2D eigenvalue weighted by molar-refractivity contribution is 5.41. The molecule has 1 aromatic rings. The molecule has 0 aromatic carbocycles. The van der Waals surface area contributed by atoms with Crippen LogP contribution in [0.4, 0.5) is 0 Å². The monoisotopic (exact) mass is 134 g/mol. The van der Waals surface area contributed by atoms with E-state index in [-0.39, 0.29) is 5.69 Å². The normalized spacial score (nSPS) is 8.20. The first-order chi connectivity index (χ1) is 4.79. The van der Waals surface area contributed by atoms with Crippen molar-refractivity contribution in [3.05, 3.63) is 23.5 Å².